The number of nitrogens with one attached hydrogen (secondary N) is 1. The van der Waals surface area contributed by atoms with Gasteiger partial charge in [0.2, 0.25) is 0 Å². The molecule has 0 radical (unpaired) electrons. The minimum Gasteiger partial charge on any atom is -0.490 e. The van der Waals surface area contributed by atoms with Crippen LogP contribution in [0.4, 0.5) is 5.82 Å². The second-order valence-corrected chi connectivity index (χ2v) is 4.15. The van der Waals surface area contributed by atoms with Crippen molar-refractivity contribution in [2.24, 2.45) is 0 Å². The lowest BCUT2D eigenvalue weighted by molar-refractivity contribution is 0.255. The van der Waals surface area contributed by atoms with Crippen molar-refractivity contribution in [1.82, 2.24) is 10.2 Å². The monoisotopic (exact) mass is 215 g/mol. The van der Waals surface area contributed by atoms with Crippen LogP contribution in [0.15, 0.2) is 24.4 Å². The van der Waals surface area contributed by atoms with Crippen LogP contribution < -0.4 is 10.5 Å². The zero-order chi connectivity index (χ0) is 11.1. The van der Waals surface area contributed by atoms with Crippen molar-refractivity contribution >= 4 is 5.82 Å². The predicted molar refractivity (Wildman–Crippen MR) is 62.2 cm³/mol. The van der Waals surface area contributed by atoms with E-state index in [1.54, 1.807) is 6.20 Å². The van der Waals surface area contributed by atoms with E-state index in [1.807, 2.05) is 6.07 Å². The second-order valence-electron chi connectivity index (χ2n) is 4.15. The molecule has 1 unspecified atom stereocenters. The van der Waals surface area contributed by atoms with Crippen LogP contribution >= 0.6 is 0 Å². The molecular weight excluding hydrogens is 202 g/mol. The molecule has 1 aromatic heterocycles. The van der Waals surface area contributed by atoms with E-state index in [0.29, 0.717) is 5.82 Å². The molecule has 82 valence electrons. The molecule has 2 aromatic rings. The first-order valence-corrected chi connectivity index (χ1v) is 5.33. The van der Waals surface area contributed by atoms with Crippen molar-refractivity contribution in [1.29, 1.82) is 0 Å². The van der Waals surface area contributed by atoms with E-state index >= 15 is 0 Å². The van der Waals surface area contributed by atoms with Crippen LogP contribution in [-0.4, -0.2) is 16.3 Å². The van der Waals surface area contributed by atoms with Crippen molar-refractivity contribution in [3.8, 4) is 16.9 Å². The highest BCUT2D eigenvalue weighted by molar-refractivity contribution is 5.74. The van der Waals surface area contributed by atoms with Crippen LogP contribution in [0.5, 0.6) is 5.75 Å². The van der Waals surface area contributed by atoms with Gasteiger partial charge in [0.05, 0.1) is 6.20 Å². The first kappa shape index (κ1) is 9.27. The molecule has 0 saturated carbocycles. The Hall–Kier alpha value is -1.97. The van der Waals surface area contributed by atoms with Gasteiger partial charge in [-0.05, 0) is 24.1 Å². The van der Waals surface area contributed by atoms with Crippen LogP contribution in [0.2, 0.25) is 0 Å². The molecule has 0 spiro atoms. The fourth-order valence-corrected chi connectivity index (χ4v) is 2.09. The molecule has 0 saturated heterocycles. The lowest BCUT2D eigenvalue weighted by Gasteiger charge is -2.04. The third kappa shape index (κ3) is 1.34. The van der Waals surface area contributed by atoms with Crippen LogP contribution in [-0.2, 0) is 6.42 Å². The maximum atomic E-state index is 5.79. The van der Waals surface area contributed by atoms with E-state index in [4.69, 9.17) is 10.5 Å². The molecule has 0 bridgehead atoms. The van der Waals surface area contributed by atoms with Gasteiger partial charge in [-0.25, -0.2) is 0 Å². The molecule has 1 aliphatic rings. The number of rotatable bonds is 1. The average molecular weight is 215 g/mol. The Morgan fingerprint density at radius 3 is 3.12 bits per heavy atom. The number of fused-ring (bicyclic) bond motifs is 1. The minimum atomic E-state index is 0.270. The molecule has 1 aliphatic heterocycles. The minimum absolute atomic E-state index is 0.270. The van der Waals surface area contributed by atoms with Gasteiger partial charge in [-0.1, -0.05) is 12.1 Å². The molecule has 0 aliphatic carbocycles. The Labute approximate surface area is 93.4 Å². The largest absolute Gasteiger partial charge is 0.490 e. The molecule has 0 fully saturated rings. The van der Waals surface area contributed by atoms with Gasteiger partial charge in [0, 0.05) is 12.0 Å². The molecule has 1 atom stereocenters. The fourth-order valence-electron chi connectivity index (χ4n) is 2.09. The number of nitrogens with two attached hydrogens (primary N) is 1. The SMILES string of the molecule is CC1Cc2ccc(-c3cn[nH]c3N)cc2O1. The van der Waals surface area contributed by atoms with Gasteiger partial charge in [-0.2, -0.15) is 5.10 Å². The van der Waals surface area contributed by atoms with Crippen molar-refractivity contribution in [2.45, 2.75) is 19.4 Å². The van der Waals surface area contributed by atoms with Gasteiger partial charge >= 0.3 is 0 Å². The van der Waals surface area contributed by atoms with Gasteiger partial charge in [-0.15, -0.1) is 0 Å². The van der Waals surface area contributed by atoms with E-state index in [1.165, 1.54) is 5.56 Å². The van der Waals surface area contributed by atoms with Gasteiger partial charge in [-0.3, -0.25) is 5.10 Å². The second kappa shape index (κ2) is 3.27. The number of H-pyrrole nitrogens is 1. The summed E-state index contributed by atoms with van der Waals surface area (Å²) >= 11 is 0. The van der Waals surface area contributed by atoms with Crippen molar-refractivity contribution in [2.75, 3.05) is 5.73 Å². The highest BCUT2D eigenvalue weighted by Crippen LogP contribution is 2.34. The topological polar surface area (TPSA) is 63.9 Å². The van der Waals surface area contributed by atoms with Crippen molar-refractivity contribution in [3.05, 3.63) is 30.0 Å². The van der Waals surface area contributed by atoms with Gasteiger partial charge < -0.3 is 10.5 Å². The third-order valence-corrected chi connectivity index (χ3v) is 2.88. The lowest BCUT2D eigenvalue weighted by atomic mass is 10.0. The quantitative estimate of drug-likeness (QED) is 0.764. The molecular formula is C12H13N3O. The summed E-state index contributed by atoms with van der Waals surface area (Å²) in [7, 11) is 0. The van der Waals surface area contributed by atoms with E-state index < -0.39 is 0 Å². The highest BCUT2D eigenvalue weighted by Gasteiger charge is 2.19. The zero-order valence-electron chi connectivity index (χ0n) is 9.03. The Balaban J connectivity index is 2.06. The number of benzene rings is 1. The summed E-state index contributed by atoms with van der Waals surface area (Å²) in [6.45, 7) is 2.08. The Morgan fingerprint density at radius 2 is 2.38 bits per heavy atom. The average Bonchev–Trinajstić information content (AvgIpc) is 2.81. The molecule has 3 N–H and O–H groups in total. The summed E-state index contributed by atoms with van der Waals surface area (Å²) in [5.74, 6) is 1.55. The van der Waals surface area contributed by atoms with Crippen LogP contribution in [0.25, 0.3) is 11.1 Å². The highest BCUT2D eigenvalue weighted by atomic mass is 16.5. The molecule has 3 rings (SSSR count). The molecule has 0 amide bonds. The van der Waals surface area contributed by atoms with Gasteiger partial charge in [0.15, 0.2) is 0 Å². The zero-order valence-corrected chi connectivity index (χ0v) is 9.03. The van der Waals surface area contributed by atoms with E-state index in [-0.39, 0.29) is 6.10 Å². The maximum absolute atomic E-state index is 5.79. The first-order valence-electron chi connectivity index (χ1n) is 5.33. The number of hydrogen-bond acceptors (Lipinski definition) is 3. The smallest absolute Gasteiger partial charge is 0.126 e. The Bertz CT molecular complexity index is 533. The molecule has 2 heterocycles. The molecule has 4 heteroatoms. The number of aromatic nitrogens is 2. The number of anilines is 1. The normalized spacial score (nSPS) is 18.2. The fraction of sp³-hybridized carbons (Fsp3) is 0.250. The molecule has 16 heavy (non-hydrogen) atoms. The van der Waals surface area contributed by atoms with E-state index in [2.05, 4.69) is 29.3 Å². The first-order chi connectivity index (χ1) is 7.74. The van der Waals surface area contributed by atoms with Crippen LogP contribution in [0, 0.1) is 0 Å². The van der Waals surface area contributed by atoms with Crippen molar-refractivity contribution < 1.29 is 4.74 Å². The molecule has 1 aromatic carbocycles. The summed E-state index contributed by atoms with van der Waals surface area (Å²) in [5.41, 5.74) is 9.01. The summed E-state index contributed by atoms with van der Waals surface area (Å²) < 4.78 is 5.71. The lowest BCUT2D eigenvalue weighted by Crippen LogP contribution is -2.05. The number of hydrogen-bond donors (Lipinski definition) is 2. The number of nitrogen functional groups attached to an aromatic ring is 1. The predicted octanol–water partition coefficient (Wildman–Crippen LogP) is 1.98. The molecule has 4 nitrogen and oxygen atoms in total. The van der Waals surface area contributed by atoms with Gasteiger partial charge in [0.25, 0.3) is 0 Å². The van der Waals surface area contributed by atoms with E-state index in [9.17, 15) is 0 Å². The number of aromatic amines is 1. The summed E-state index contributed by atoms with van der Waals surface area (Å²) in [4.78, 5) is 0. The van der Waals surface area contributed by atoms with Gasteiger partial charge in [0.1, 0.15) is 17.7 Å². The standard InChI is InChI=1S/C12H13N3O/c1-7-4-9-3-2-8(5-11(9)16-7)10-6-14-15-12(10)13/h2-3,5-7H,4H2,1H3,(H3,13,14,15). The van der Waals surface area contributed by atoms with E-state index in [0.717, 1.165) is 23.3 Å². The van der Waals surface area contributed by atoms with Crippen molar-refractivity contribution in [3.63, 3.8) is 0 Å². The maximum Gasteiger partial charge on any atom is 0.126 e. The van der Waals surface area contributed by atoms with Crippen LogP contribution in [0.1, 0.15) is 12.5 Å². The summed E-state index contributed by atoms with van der Waals surface area (Å²) in [5, 5.41) is 6.65. The summed E-state index contributed by atoms with van der Waals surface area (Å²) in [6.07, 6.45) is 2.98. The number of nitrogens with zero attached hydrogens (tertiary/aromatic N) is 1. The van der Waals surface area contributed by atoms with Crippen LogP contribution in [0.3, 0.4) is 0 Å². The third-order valence-electron chi connectivity index (χ3n) is 2.88. The Kier molecular flexibility index (Phi) is 1.89. The summed E-state index contributed by atoms with van der Waals surface area (Å²) in [6, 6.07) is 6.18. The number of ether oxygens (including phenoxy) is 1. The Morgan fingerprint density at radius 1 is 1.50 bits per heavy atom.